The van der Waals surface area contributed by atoms with Crippen LogP contribution in [0.5, 0.6) is 0 Å². The van der Waals surface area contributed by atoms with Crippen LogP contribution in [0.1, 0.15) is 46.0 Å². The number of sulfonamides is 1. The van der Waals surface area contributed by atoms with Crippen LogP contribution in [0, 0.1) is 5.41 Å². The molecule has 1 aliphatic carbocycles. The average Bonchev–Trinajstić information content (AvgIpc) is 2.74. The van der Waals surface area contributed by atoms with Gasteiger partial charge in [0.15, 0.2) is 0 Å². The van der Waals surface area contributed by atoms with Crippen LogP contribution in [0.15, 0.2) is 0 Å². The summed E-state index contributed by atoms with van der Waals surface area (Å²) in [6.45, 7) is 5.76. The fourth-order valence-corrected chi connectivity index (χ4v) is 4.69. The second-order valence-corrected chi connectivity index (χ2v) is 8.06. The fraction of sp³-hybridized carbons (Fsp3) is 1.00. The summed E-state index contributed by atoms with van der Waals surface area (Å²) in [5.41, 5.74) is 0.0946. The van der Waals surface area contributed by atoms with Crippen molar-refractivity contribution < 1.29 is 8.42 Å². The van der Waals surface area contributed by atoms with Gasteiger partial charge in [0.25, 0.3) is 0 Å². The molecule has 2 aliphatic rings. The van der Waals surface area contributed by atoms with Gasteiger partial charge < -0.3 is 5.32 Å². The van der Waals surface area contributed by atoms with Gasteiger partial charge in [-0.1, -0.05) is 26.7 Å². The molecule has 1 heterocycles. The highest BCUT2D eigenvalue weighted by Crippen LogP contribution is 2.36. The predicted octanol–water partition coefficient (Wildman–Crippen LogP) is 1.24. The summed E-state index contributed by atoms with van der Waals surface area (Å²) in [7, 11) is -3.14. The first-order valence-corrected chi connectivity index (χ1v) is 8.18. The van der Waals surface area contributed by atoms with Gasteiger partial charge in [0, 0.05) is 12.6 Å². The van der Waals surface area contributed by atoms with Gasteiger partial charge in [-0.2, -0.15) is 0 Å². The van der Waals surface area contributed by atoms with Crippen molar-refractivity contribution in [1.29, 1.82) is 0 Å². The third-order valence-electron chi connectivity index (χ3n) is 4.27. The van der Waals surface area contributed by atoms with E-state index in [0.29, 0.717) is 6.54 Å². The van der Waals surface area contributed by atoms with E-state index in [9.17, 15) is 8.42 Å². The molecule has 1 aliphatic heterocycles. The van der Waals surface area contributed by atoms with E-state index in [4.69, 9.17) is 0 Å². The van der Waals surface area contributed by atoms with E-state index in [1.807, 2.05) is 0 Å². The van der Waals surface area contributed by atoms with E-state index >= 15 is 0 Å². The van der Waals surface area contributed by atoms with Crippen LogP contribution in [0.4, 0.5) is 0 Å². The standard InChI is InChI=1S/C12H24N2O2S/c1-12(2)7-4-3-5-11(12)14-17(15,16)10-6-8-13-9-10/h10-11,13-14H,3-9H2,1-2H3. The van der Waals surface area contributed by atoms with E-state index in [1.54, 1.807) is 0 Å². The Labute approximate surface area is 105 Å². The van der Waals surface area contributed by atoms with E-state index in [0.717, 1.165) is 32.2 Å². The van der Waals surface area contributed by atoms with E-state index in [1.165, 1.54) is 6.42 Å². The molecule has 2 unspecified atom stereocenters. The van der Waals surface area contributed by atoms with Crippen LogP contribution in [0.2, 0.25) is 0 Å². The van der Waals surface area contributed by atoms with E-state index < -0.39 is 10.0 Å². The topological polar surface area (TPSA) is 58.2 Å². The lowest BCUT2D eigenvalue weighted by Crippen LogP contribution is -2.49. The summed E-state index contributed by atoms with van der Waals surface area (Å²) in [6, 6.07) is 0.113. The fourth-order valence-electron chi connectivity index (χ4n) is 2.90. The predicted molar refractivity (Wildman–Crippen MR) is 69.4 cm³/mol. The summed E-state index contributed by atoms with van der Waals surface area (Å²) in [6.07, 6.45) is 5.19. The molecule has 0 bridgehead atoms. The Morgan fingerprint density at radius 2 is 2.00 bits per heavy atom. The Hall–Kier alpha value is -0.130. The molecule has 5 heteroatoms. The van der Waals surface area contributed by atoms with Gasteiger partial charge >= 0.3 is 0 Å². The molecule has 0 amide bonds. The largest absolute Gasteiger partial charge is 0.315 e. The lowest BCUT2D eigenvalue weighted by atomic mass is 9.74. The SMILES string of the molecule is CC1(C)CCCCC1NS(=O)(=O)C1CCNC1. The first kappa shape index (κ1) is 13.3. The Balaban J connectivity index is 2.03. The molecule has 17 heavy (non-hydrogen) atoms. The zero-order chi connectivity index (χ0) is 12.5. The van der Waals surface area contributed by atoms with Gasteiger partial charge in [0.2, 0.25) is 10.0 Å². The molecule has 2 atom stereocenters. The second-order valence-electron chi connectivity index (χ2n) is 6.06. The molecule has 0 radical (unpaired) electrons. The summed E-state index contributed by atoms with van der Waals surface area (Å²) in [5, 5.41) is 2.88. The molecular formula is C12H24N2O2S. The highest BCUT2D eigenvalue weighted by molar-refractivity contribution is 7.90. The van der Waals surface area contributed by atoms with Gasteiger partial charge in [0.05, 0.1) is 5.25 Å². The van der Waals surface area contributed by atoms with Crippen LogP contribution < -0.4 is 10.0 Å². The number of hydrogen-bond acceptors (Lipinski definition) is 3. The minimum absolute atomic E-state index is 0.0946. The van der Waals surface area contributed by atoms with Crippen LogP contribution in [0.3, 0.4) is 0 Å². The Bertz CT molecular complexity index is 359. The van der Waals surface area contributed by atoms with Crippen molar-refractivity contribution in [3.05, 3.63) is 0 Å². The average molecular weight is 260 g/mol. The zero-order valence-electron chi connectivity index (χ0n) is 10.8. The lowest BCUT2D eigenvalue weighted by molar-refractivity contribution is 0.188. The van der Waals surface area contributed by atoms with Crippen molar-refractivity contribution in [1.82, 2.24) is 10.0 Å². The van der Waals surface area contributed by atoms with Crippen molar-refractivity contribution >= 4 is 10.0 Å². The van der Waals surface area contributed by atoms with Crippen LogP contribution in [-0.2, 0) is 10.0 Å². The van der Waals surface area contributed by atoms with E-state index in [-0.39, 0.29) is 16.7 Å². The maximum Gasteiger partial charge on any atom is 0.216 e. The molecule has 0 aromatic rings. The molecule has 100 valence electrons. The molecule has 4 nitrogen and oxygen atoms in total. The lowest BCUT2D eigenvalue weighted by Gasteiger charge is -2.39. The van der Waals surface area contributed by atoms with Crippen molar-refractivity contribution in [3.63, 3.8) is 0 Å². The highest BCUT2D eigenvalue weighted by atomic mass is 32.2. The molecule has 0 aromatic carbocycles. The van der Waals surface area contributed by atoms with Gasteiger partial charge in [-0.3, -0.25) is 0 Å². The first-order chi connectivity index (χ1) is 7.92. The van der Waals surface area contributed by atoms with Crippen LogP contribution in [0.25, 0.3) is 0 Å². The van der Waals surface area contributed by atoms with Gasteiger partial charge in [-0.25, -0.2) is 13.1 Å². The molecule has 2 rings (SSSR count). The summed E-state index contributed by atoms with van der Waals surface area (Å²) in [5.74, 6) is 0. The van der Waals surface area contributed by atoms with Gasteiger partial charge in [-0.15, -0.1) is 0 Å². The summed E-state index contributed by atoms with van der Waals surface area (Å²) in [4.78, 5) is 0. The van der Waals surface area contributed by atoms with Crippen molar-refractivity contribution in [3.8, 4) is 0 Å². The smallest absolute Gasteiger partial charge is 0.216 e. The first-order valence-electron chi connectivity index (χ1n) is 6.64. The molecule has 2 N–H and O–H groups in total. The molecule has 2 fully saturated rings. The van der Waals surface area contributed by atoms with Crippen molar-refractivity contribution in [2.24, 2.45) is 5.41 Å². The Morgan fingerprint density at radius 3 is 2.59 bits per heavy atom. The quantitative estimate of drug-likeness (QED) is 0.802. The number of rotatable bonds is 3. The van der Waals surface area contributed by atoms with E-state index in [2.05, 4.69) is 23.9 Å². The summed E-state index contributed by atoms with van der Waals surface area (Å²) >= 11 is 0. The molecule has 1 saturated heterocycles. The highest BCUT2D eigenvalue weighted by Gasteiger charge is 2.37. The third-order valence-corrected chi connectivity index (χ3v) is 6.16. The maximum absolute atomic E-state index is 12.2. The maximum atomic E-state index is 12.2. The number of nitrogens with one attached hydrogen (secondary N) is 2. The monoisotopic (exact) mass is 260 g/mol. The van der Waals surface area contributed by atoms with Gasteiger partial charge in [0.1, 0.15) is 0 Å². The Morgan fingerprint density at radius 1 is 1.24 bits per heavy atom. The minimum Gasteiger partial charge on any atom is -0.315 e. The molecule has 1 saturated carbocycles. The molecular weight excluding hydrogens is 236 g/mol. The van der Waals surface area contributed by atoms with Crippen LogP contribution in [-0.4, -0.2) is 32.8 Å². The minimum atomic E-state index is -3.14. The van der Waals surface area contributed by atoms with Crippen LogP contribution >= 0.6 is 0 Å². The van der Waals surface area contributed by atoms with Crippen molar-refractivity contribution in [2.75, 3.05) is 13.1 Å². The molecule has 0 spiro atoms. The Kier molecular flexibility index (Phi) is 3.80. The zero-order valence-corrected chi connectivity index (χ0v) is 11.6. The van der Waals surface area contributed by atoms with Gasteiger partial charge in [-0.05, 0) is 31.2 Å². The third kappa shape index (κ3) is 3.01. The second kappa shape index (κ2) is 4.86. The summed E-state index contributed by atoms with van der Waals surface area (Å²) < 4.78 is 27.4. The van der Waals surface area contributed by atoms with Crippen molar-refractivity contribution in [2.45, 2.75) is 57.2 Å². The normalized spacial score (nSPS) is 33.8. The molecule has 0 aromatic heterocycles. The number of hydrogen-bond donors (Lipinski definition) is 2.